The van der Waals surface area contributed by atoms with Gasteiger partial charge >= 0.3 is 5.97 Å². The lowest BCUT2D eigenvalue weighted by molar-refractivity contribution is -0.138. The molecule has 0 fully saturated rings. The van der Waals surface area contributed by atoms with Gasteiger partial charge in [-0.05, 0) is 13.3 Å². The summed E-state index contributed by atoms with van der Waals surface area (Å²) in [6.45, 7) is 1.93. The molecule has 0 atom stereocenters. The Balaban J connectivity index is 2.75. The Morgan fingerprint density at radius 2 is 2.25 bits per heavy atom. The zero-order valence-corrected chi connectivity index (χ0v) is 6.79. The molecule has 0 aromatic carbocycles. The molecule has 0 saturated carbocycles. The minimum atomic E-state index is -0.583. The van der Waals surface area contributed by atoms with Gasteiger partial charge in [0.25, 0.3) is 0 Å². The van der Waals surface area contributed by atoms with Crippen molar-refractivity contribution in [3.63, 3.8) is 0 Å². The molecule has 1 rings (SSSR count). The fourth-order valence-corrected chi connectivity index (χ4v) is 1.06. The number of allylic oxidation sites excluding steroid dienone is 1. The number of Topliss-reactive ketones (excluding diaryl/α,β-unsaturated/α-hetero) is 1. The first-order chi connectivity index (χ1) is 5.66. The summed E-state index contributed by atoms with van der Waals surface area (Å²) in [5.74, 6) is -1.38. The molecule has 66 valence electrons. The molecule has 4 nitrogen and oxygen atoms in total. The number of rotatable bonds is 2. The van der Waals surface area contributed by atoms with Crippen molar-refractivity contribution in [3.05, 3.63) is 11.3 Å². The number of carbonyl (C=O) groups excluding carboxylic acids is 2. The number of hydrogen-bond acceptors (Lipinski definition) is 4. The Labute approximate surface area is 69.8 Å². The molecule has 0 unspecified atom stereocenters. The third-order valence-electron chi connectivity index (χ3n) is 1.67. The van der Waals surface area contributed by atoms with Crippen molar-refractivity contribution in [3.8, 4) is 0 Å². The molecule has 0 saturated heterocycles. The fraction of sp³-hybridized carbons (Fsp3) is 0.500. The summed E-state index contributed by atoms with van der Waals surface area (Å²) in [6, 6.07) is 0. The summed E-state index contributed by atoms with van der Waals surface area (Å²) >= 11 is 0. The van der Waals surface area contributed by atoms with E-state index in [1.807, 2.05) is 0 Å². The molecule has 1 N–H and O–H groups in total. The normalized spacial score (nSPS) is 16.9. The van der Waals surface area contributed by atoms with Crippen LogP contribution in [-0.4, -0.2) is 23.5 Å². The molecule has 1 aliphatic carbocycles. The monoisotopic (exact) mass is 170 g/mol. The second-order valence-electron chi connectivity index (χ2n) is 2.47. The lowest BCUT2D eigenvalue weighted by Crippen LogP contribution is -2.08. The van der Waals surface area contributed by atoms with E-state index in [1.165, 1.54) is 0 Å². The highest BCUT2D eigenvalue weighted by atomic mass is 16.5. The van der Waals surface area contributed by atoms with E-state index in [1.54, 1.807) is 6.92 Å². The Kier molecular flexibility index (Phi) is 2.47. The highest BCUT2D eigenvalue weighted by molar-refractivity contribution is 6.05. The summed E-state index contributed by atoms with van der Waals surface area (Å²) in [5, 5.41) is 9.08. The molecule has 0 amide bonds. The Bertz CT molecular complexity index is 252. The van der Waals surface area contributed by atoms with Gasteiger partial charge < -0.3 is 9.84 Å². The lowest BCUT2D eigenvalue weighted by Gasteiger charge is -2.00. The number of aliphatic hydroxyl groups is 1. The number of hydrogen-bond donors (Lipinski definition) is 1. The lowest BCUT2D eigenvalue weighted by atomic mass is 10.2. The quantitative estimate of drug-likeness (QED) is 0.620. The van der Waals surface area contributed by atoms with Gasteiger partial charge in [0.15, 0.2) is 11.5 Å². The SMILES string of the molecule is CCOC(=O)C1=C(O)C(=O)CC1. The van der Waals surface area contributed by atoms with E-state index in [2.05, 4.69) is 4.74 Å². The van der Waals surface area contributed by atoms with Crippen molar-refractivity contribution in [2.24, 2.45) is 0 Å². The number of aliphatic hydroxyl groups excluding tert-OH is 1. The zero-order valence-electron chi connectivity index (χ0n) is 6.79. The summed E-state index contributed by atoms with van der Waals surface area (Å²) in [5.41, 5.74) is 0.113. The maximum absolute atomic E-state index is 11.0. The van der Waals surface area contributed by atoms with Crippen molar-refractivity contribution in [2.45, 2.75) is 19.8 Å². The van der Waals surface area contributed by atoms with E-state index in [0.717, 1.165) is 0 Å². The van der Waals surface area contributed by atoms with Crippen molar-refractivity contribution in [1.82, 2.24) is 0 Å². The van der Waals surface area contributed by atoms with Crippen molar-refractivity contribution in [1.29, 1.82) is 0 Å². The molecule has 12 heavy (non-hydrogen) atoms. The fourth-order valence-electron chi connectivity index (χ4n) is 1.06. The van der Waals surface area contributed by atoms with Crippen molar-refractivity contribution in [2.75, 3.05) is 6.61 Å². The second kappa shape index (κ2) is 3.38. The molecule has 0 radical (unpaired) electrons. The van der Waals surface area contributed by atoms with Gasteiger partial charge in [0.2, 0.25) is 0 Å². The van der Waals surface area contributed by atoms with E-state index in [4.69, 9.17) is 5.11 Å². The molecule has 0 heterocycles. The van der Waals surface area contributed by atoms with Gasteiger partial charge in [-0.25, -0.2) is 4.79 Å². The minimum absolute atomic E-state index is 0.113. The minimum Gasteiger partial charge on any atom is -0.504 e. The number of carbonyl (C=O) groups is 2. The third-order valence-corrected chi connectivity index (χ3v) is 1.67. The van der Waals surface area contributed by atoms with Gasteiger partial charge in [-0.15, -0.1) is 0 Å². The van der Waals surface area contributed by atoms with Crippen LogP contribution in [0.4, 0.5) is 0 Å². The highest BCUT2D eigenvalue weighted by Crippen LogP contribution is 2.21. The van der Waals surface area contributed by atoms with Crippen LogP contribution in [-0.2, 0) is 14.3 Å². The van der Waals surface area contributed by atoms with Gasteiger partial charge in [0.05, 0.1) is 12.2 Å². The van der Waals surface area contributed by atoms with Gasteiger partial charge in [-0.2, -0.15) is 0 Å². The molecule has 0 aromatic rings. The first kappa shape index (κ1) is 8.77. The van der Waals surface area contributed by atoms with Crippen molar-refractivity contribution >= 4 is 11.8 Å². The first-order valence-electron chi connectivity index (χ1n) is 3.79. The second-order valence-corrected chi connectivity index (χ2v) is 2.47. The maximum Gasteiger partial charge on any atom is 0.337 e. The van der Waals surface area contributed by atoms with Crippen LogP contribution >= 0.6 is 0 Å². The van der Waals surface area contributed by atoms with Crippen LogP contribution in [0.15, 0.2) is 11.3 Å². The topological polar surface area (TPSA) is 63.6 Å². The van der Waals surface area contributed by atoms with E-state index in [0.29, 0.717) is 6.42 Å². The van der Waals surface area contributed by atoms with Gasteiger partial charge in [-0.3, -0.25) is 4.79 Å². The zero-order chi connectivity index (χ0) is 9.14. The molecule has 0 aliphatic heterocycles. The Morgan fingerprint density at radius 1 is 1.58 bits per heavy atom. The first-order valence-corrected chi connectivity index (χ1v) is 3.79. The largest absolute Gasteiger partial charge is 0.504 e. The molecule has 1 aliphatic rings. The average molecular weight is 170 g/mol. The van der Waals surface area contributed by atoms with Crippen LogP contribution < -0.4 is 0 Å². The molecular weight excluding hydrogens is 160 g/mol. The van der Waals surface area contributed by atoms with Gasteiger partial charge in [-0.1, -0.05) is 0 Å². The number of esters is 1. The van der Waals surface area contributed by atoms with E-state index < -0.39 is 11.7 Å². The molecule has 4 heteroatoms. The van der Waals surface area contributed by atoms with E-state index in [9.17, 15) is 9.59 Å². The third kappa shape index (κ3) is 1.47. The molecule has 0 bridgehead atoms. The maximum atomic E-state index is 11.0. The number of ether oxygens (including phenoxy) is 1. The van der Waals surface area contributed by atoms with Crippen LogP contribution in [0, 0.1) is 0 Å². The molecule has 0 aromatic heterocycles. The van der Waals surface area contributed by atoms with Crippen LogP contribution in [0.5, 0.6) is 0 Å². The highest BCUT2D eigenvalue weighted by Gasteiger charge is 2.27. The van der Waals surface area contributed by atoms with Crippen LogP contribution in [0.1, 0.15) is 19.8 Å². The van der Waals surface area contributed by atoms with Crippen LogP contribution in [0.3, 0.4) is 0 Å². The summed E-state index contributed by atoms with van der Waals surface area (Å²) in [7, 11) is 0. The van der Waals surface area contributed by atoms with E-state index in [-0.39, 0.29) is 24.4 Å². The Hall–Kier alpha value is -1.32. The number of ketones is 1. The summed E-state index contributed by atoms with van der Waals surface area (Å²) < 4.78 is 4.64. The smallest absolute Gasteiger partial charge is 0.337 e. The summed E-state index contributed by atoms with van der Waals surface area (Å²) in [6.07, 6.45) is 0.503. The van der Waals surface area contributed by atoms with Gasteiger partial charge in [0, 0.05) is 6.42 Å². The predicted molar refractivity (Wildman–Crippen MR) is 40.5 cm³/mol. The standard InChI is InChI=1S/C8H10O4/c1-2-12-8(11)5-3-4-6(9)7(5)10/h10H,2-4H2,1H3. The average Bonchev–Trinajstić information content (AvgIpc) is 2.34. The van der Waals surface area contributed by atoms with Gasteiger partial charge in [0.1, 0.15) is 0 Å². The van der Waals surface area contributed by atoms with E-state index >= 15 is 0 Å². The molecular formula is C8H10O4. The summed E-state index contributed by atoms with van der Waals surface area (Å²) in [4.78, 5) is 21.8. The molecule has 0 spiro atoms. The van der Waals surface area contributed by atoms with Crippen LogP contribution in [0.25, 0.3) is 0 Å². The van der Waals surface area contributed by atoms with Crippen molar-refractivity contribution < 1.29 is 19.4 Å². The van der Waals surface area contributed by atoms with Crippen LogP contribution in [0.2, 0.25) is 0 Å². The predicted octanol–water partition coefficient (Wildman–Crippen LogP) is 0.725. The Morgan fingerprint density at radius 3 is 2.67 bits per heavy atom.